The maximum atomic E-state index is 6.04. The van der Waals surface area contributed by atoms with Crippen molar-refractivity contribution in [3.8, 4) is 5.75 Å². The van der Waals surface area contributed by atoms with Crippen molar-refractivity contribution in [2.75, 3.05) is 17.2 Å². The normalized spacial score (nSPS) is 12.5. The van der Waals surface area contributed by atoms with Crippen LogP contribution in [0.1, 0.15) is 53.9 Å². The van der Waals surface area contributed by atoms with Crippen molar-refractivity contribution in [2.45, 2.75) is 66.0 Å². The molecule has 1 atom stereocenters. The first-order valence-electron chi connectivity index (χ1n) is 7.81. The van der Waals surface area contributed by atoms with Crippen LogP contribution < -0.4 is 15.4 Å². The minimum absolute atomic E-state index is 0.164. The Balaban J connectivity index is 3.01. The first kappa shape index (κ1) is 16.7. The lowest BCUT2D eigenvalue weighted by atomic mass is 10.1. The van der Waals surface area contributed by atoms with Gasteiger partial charge < -0.3 is 15.4 Å². The van der Waals surface area contributed by atoms with E-state index in [9.17, 15) is 0 Å². The summed E-state index contributed by atoms with van der Waals surface area (Å²) >= 11 is 0. The van der Waals surface area contributed by atoms with Gasteiger partial charge in [-0.05, 0) is 39.7 Å². The Hall–Kier alpha value is -1.38. The number of rotatable bonds is 8. The summed E-state index contributed by atoms with van der Waals surface area (Å²) in [5, 5.41) is 0. The van der Waals surface area contributed by atoms with Gasteiger partial charge in [0.15, 0.2) is 0 Å². The molecule has 3 nitrogen and oxygen atoms in total. The Kier molecular flexibility index (Phi) is 6.69. The number of nitrogens with zero attached hydrogens (tertiary/aromatic N) is 1. The van der Waals surface area contributed by atoms with E-state index < -0.39 is 0 Å². The lowest BCUT2D eigenvalue weighted by Crippen LogP contribution is -2.33. The fourth-order valence-electron chi connectivity index (χ4n) is 2.26. The molecule has 0 aliphatic carbocycles. The van der Waals surface area contributed by atoms with Crippen LogP contribution in [0.4, 0.5) is 11.4 Å². The van der Waals surface area contributed by atoms with E-state index in [1.165, 1.54) is 18.5 Å². The summed E-state index contributed by atoms with van der Waals surface area (Å²) in [7, 11) is 0. The summed E-state index contributed by atoms with van der Waals surface area (Å²) in [5.41, 5.74) is 7.97. The number of ether oxygens (including phenoxy) is 1. The van der Waals surface area contributed by atoms with Gasteiger partial charge in [-0.2, -0.15) is 0 Å². The van der Waals surface area contributed by atoms with Crippen LogP contribution in [0.15, 0.2) is 18.2 Å². The Bertz CT molecular complexity index is 404. The Morgan fingerprint density at radius 3 is 2.40 bits per heavy atom. The highest BCUT2D eigenvalue weighted by molar-refractivity contribution is 5.61. The smallest absolute Gasteiger partial charge is 0.123 e. The predicted molar refractivity (Wildman–Crippen MR) is 88.6 cm³/mol. The predicted octanol–water partition coefficient (Wildman–Crippen LogP) is 4.46. The Morgan fingerprint density at radius 2 is 1.85 bits per heavy atom. The zero-order valence-corrected chi connectivity index (χ0v) is 13.6. The van der Waals surface area contributed by atoms with Crippen LogP contribution in [-0.4, -0.2) is 18.7 Å². The summed E-state index contributed by atoms with van der Waals surface area (Å²) in [4.78, 5) is 2.44. The van der Waals surface area contributed by atoms with E-state index in [2.05, 4.69) is 37.8 Å². The molecule has 0 aliphatic rings. The van der Waals surface area contributed by atoms with E-state index in [-0.39, 0.29) is 6.10 Å². The van der Waals surface area contributed by atoms with Crippen LogP contribution in [0.3, 0.4) is 0 Å². The van der Waals surface area contributed by atoms with Gasteiger partial charge in [-0.15, -0.1) is 0 Å². The molecule has 1 rings (SSSR count). The number of unbranched alkanes of at least 4 members (excludes halogenated alkanes) is 1. The SMILES string of the molecule is CCCCN(c1cc(N)cc(OC(C)C)c1)C(C)CC. The molecule has 2 N–H and O–H groups in total. The summed E-state index contributed by atoms with van der Waals surface area (Å²) in [6.45, 7) is 11.8. The van der Waals surface area contributed by atoms with Crippen molar-refractivity contribution in [2.24, 2.45) is 0 Å². The second kappa shape index (κ2) is 8.03. The summed E-state index contributed by atoms with van der Waals surface area (Å²) in [6.07, 6.45) is 3.68. The number of hydrogen-bond donors (Lipinski definition) is 1. The summed E-state index contributed by atoms with van der Waals surface area (Å²) in [5.74, 6) is 0.861. The molecule has 1 unspecified atom stereocenters. The van der Waals surface area contributed by atoms with Gasteiger partial charge in [-0.3, -0.25) is 0 Å². The van der Waals surface area contributed by atoms with Gasteiger partial charge in [0, 0.05) is 36.1 Å². The van der Waals surface area contributed by atoms with Gasteiger partial charge in [0.05, 0.1) is 6.10 Å². The molecule has 0 saturated heterocycles. The zero-order valence-electron chi connectivity index (χ0n) is 13.6. The molecular formula is C17H30N2O. The molecule has 0 saturated carbocycles. The quantitative estimate of drug-likeness (QED) is 0.713. The maximum absolute atomic E-state index is 6.04. The molecule has 20 heavy (non-hydrogen) atoms. The standard InChI is InChI=1S/C17H30N2O/c1-6-8-9-19(14(5)7-2)16-10-15(18)11-17(12-16)20-13(3)4/h10-14H,6-9,18H2,1-5H3. The van der Waals surface area contributed by atoms with Crippen molar-refractivity contribution in [1.29, 1.82) is 0 Å². The van der Waals surface area contributed by atoms with Crippen LogP contribution >= 0.6 is 0 Å². The number of nitrogens with two attached hydrogens (primary N) is 1. The molecule has 1 aromatic carbocycles. The number of nitrogen functional groups attached to an aromatic ring is 1. The third kappa shape index (κ3) is 4.95. The average Bonchev–Trinajstić information content (AvgIpc) is 2.37. The second-order valence-corrected chi connectivity index (χ2v) is 5.73. The number of benzene rings is 1. The van der Waals surface area contributed by atoms with Crippen LogP contribution in [0.2, 0.25) is 0 Å². The molecular weight excluding hydrogens is 248 g/mol. The molecule has 0 spiro atoms. The molecule has 0 radical (unpaired) electrons. The van der Waals surface area contributed by atoms with Crippen LogP contribution in [0, 0.1) is 0 Å². The van der Waals surface area contributed by atoms with Crippen molar-refractivity contribution >= 4 is 11.4 Å². The number of anilines is 2. The van der Waals surface area contributed by atoms with Crippen LogP contribution in [0.5, 0.6) is 5.75 Å². The van der Waals surface area contributed by atoms with Gasteiger partial charge in [-0.1, -0.05) is 20.3 Å². The monoisotopic (exact) mass is 278 g/mol. The molecule has 0 aliphatic heterocycles. The van der Waals surface area contributed by atoms with E-state index in [1.807, 2.05) is 19.9 Å². The zero-order chi connectivity index (χ0) is 15.1. The van der Waals surface area contributed by atoms with Gasteiger partial charge in [0.1, 0.15) is 5.75 Å². The maximum Gasteiger partial charge on any atom is 0.123 e. The van der Waals surface area contributed by atoms with Crippen molar-refractivity contribution in [1.82, 2.24) is 0 Å². The molecule has 0 fully saturated rings. The third-order valence-electron chi connectivity index (χ3n) is 3.49. The van der Waals surface area contributed by atoms with Crippen LogP contribution in [-0.2, 0) is 0 Å². The van der Waals surface area contributed by atoms with Gasteiger partial charge in [0.25, 0.3) is 0 Å². The van der Waals surface area contributed by atoms with E-state index in [1.54, 1.807) is 0 Å². The van der Waals surface area contributed by atoms with E-state index in [4.69, 9.17) is 10.5 Å². The summed E-state index contributed by atoms with van der Waals surface area (Å²) < 4.78 is 5.80. The second-order valence-electron chi connectivity index (χ2n) is 5.73. The molecule has 0 heterocycles. The van der Waals surface area contributed by atoms with Gasteiger partial charge in [0.2, 0.25) is 0 Å². The van der Waals surface area contributed by atoms with Gasteiger partial charge >= 0.3 is 0 Å². The molecule has 0 aromatic heterocycles. The minimum atomic E-state index is 0.164. The topological polar surface area (TPSA) is 38.5 Å². The van der Waals surface area contributed by atoms with Crippen molar-refractivity contribution < 1.29 is 4.74 Å². The highest BCUT2D eigenvalue weighted by Gasteiger charge is 2.14. The minimum Gasteiger partial charge on any atom is -0.491 e. The first-order chi connectivity index (χ1) is 9.47. The van der Waals surface area contributed by atoms with E-state index in [0.29, 0.717) is 6.04 Å². The molecule has 1 aromatic rings. The summed E-state index contributed by atoms with van der Waals surface area (Å²) in [6, 6.07) is 6.57. The molecule has 3 heteroatoms. The first-order valence-corrected chi connectivity index (χ1v) is 7.81. The fraction of sp³-hybridized carbons (Fsp3) is 0.647. The highest BCUT2D eigenvalue weighted by Crippen LogP contribution is 2.28. The lowest BCUT2D eigenvalue weighted by Gasteiger charge is -2.31. The molecule has 0 amide bonds. The molecule has 114 valence electrons. The average molecular weight is 278 g/mol. The fourth-order valence-corrected chi connectivity index (χ4v) is 2.26. The number of hydrogen-bond acceptors (Lipinski definition) is 3. The lowest BCUT2D eigenvalue weighted by molar-refractivity contribution is 0.242. The Labute approximate surface area is 124 Å². The van der Waals surface area contributed by atoms with Gasteiger partial charge in [-0.25, -0.2) is 0 Å². The largest absolute Gasteiger partial charge is 0.491 e. The van der Waals surface area contributed by atoms with E-state index in [0.717, 1.165) is 24.4 Å². The van der Waals surface area contributed by atoms with Crippen molar-refractivity contribution in [3.63, 3.8) is 0 Å². The van der Waals surface area contributed by atoms with Crippen LogP contribution in [0.25, 0.3) is 0 Å². The Morgan fingerprint density at radius 1 is 1.15 bits per heavy atom. The molecule has 0 bridgehead atoms. The highest BCUT2D eigenvalue weighted by atomic mass is 16.5. The van der Waals surface area contributed by atoms with E-state index >= 15 is 0 Å². The third-order valence-corrected chi connectivity index (χ3v) is 3.49. The van der Waals surface area contributed by atoms with Crippen molar-refractivity contribution in [3.05, 3.63) is 18.2 Å².